The van der Waals surface area contributed by atoms with Crippen molar-refractivity contribution < 1.29 is 9.13 Å². The molecule has 0 aliphatic carbocycles. The fourth-order valence-corrected chi connectivity index (χ4v) is 4.17. The SMILES string of the molecule is C=C/C=C(\C=C)Cc1nc2cnc(-n3cnc4ccc(F)cc43)nc2n1C1CCOCC1. The second kappa shape index (κ2) is 8.47. The van der Waals surface area contributed by atoms with Gasteiger partial charge in [-0.2, -0.15) is 4.98 Å². The van der Waals surface area contributed by atoms with Crippen LogP contribution in [0.15, 0.2) is 67.7 Å². The molecule has 5 rings (SSSR count). The van der Waals surface area contributed by atoms with E-state index in [-0.39, 0.29) is 11.9 Å². The minimum Gasteiger partial charge on any atom is -0.381 e. The van der Waals surface area contributed by atoms with Crippen molar-refractivity contribution in [2.24, 2.45) is 0 Å². The highest BCUT2D eigenvalue weighted by Crippen LogP contribution is 2.29. The van der Waals surface area contributed by atoms with E-state index < -0.39 is 0 Å². The zero-order valence-electron chi connectivity index (χ0n) is 17.6. The molecule has 3 aromatic heterocycles. The topological polar surface area (TPSA) is 70.7 Å². The lowest BCUT2D eigenvalue weighted by atomic mass is 10.1. The summed E-state index contributed by atoms with van der Waals surface area (Å²) in [6.07, 6.45) is 11.2. The Kier molecular flexibility index (Phi) is 5.36. The summed E-state index contributed by atoms with van der Waals surface area (Å²) in [6.45, 7) is 9.10. The number of imidazole rings is 2. The number of aromatic nitrogens is 6. The molecule has 0 radical (unpaired) electrons. The maximum absolute atomic E-state index is 13.9. The Bertz CT molecular complexity index is 1350. The number of ether oxygens (including phenoxy) is 1. The van der Waals surface area contributed by atoms with Gasteiger partial charge in [-0.05, 0) is 30.5 Å². The summed E-state index contributed by atoms with van der Waals surface area (Å²) in [6, 6.07) is 4.70. The van der Waals surface area contributed by atoms with Gasteiger partial charge in [-0.3, -0.25) is 4.57 Å². The van der Waals surface area contributed by atoms with Crippen LogP contribution in [-0.4, -0.2) is 42.3 Å². The summed E-state index contributed by atoms with van der Waals surface area (Å²) < 4.78 is 23.3. The van der Waals surface area contributed by atoms with Crippen LogP contribution in [0.25, 0.3) is 28.1 Å². The van der Waals surface area contributed by atoms with E-state index in [4.69, 9.17) is 14.7 Å². The van der Waals surface area contributed by atoms with Gasteiger partial charge in [0.1, 0.15) is 23.5 Å². The third-order valence-electron chi connectivity index (χ3n) is 5.73. The zero-order valence-corrected chi connectivity index (χ0v) is 17.6. The summed E-state index contributed by atoms with van der Waals surface area (Å²) in [4.78, 5) is 18.6. The molecular formula is C24H23FN6O. The summed E-state index contributed by atoms with van der Waals surface area (Å²) >= 11 is 0. The summed E-state index contributed by atoms with van der Waals surface area (Å²) in [5.74, 6) is 0.990. The molecule has 0 saturated carbocycles. The van der Waals surface area contributed by atoms with Crippen LogP contribution >= 0.6 is 0 Å². The van der Waals surface area contributed by atoms with Crippen molar-refractivity contribution in [2.45, 2.75) is 25.3 Å². The standard InChI is InChI=1S/C24H23FN6O/c1-3-5-16(4-2)12-22-28-20-14-26-24(29-23(20)31(22)18-8-10-32-11-9-18)30-15-27-19-7-6-17(25)13-21(19)30/h3-7,13-15,18H,1-2,8-12H2/b16-5+. The quantitative estimate of drug-likeness (QED) is 0.421. The van der Waals surface area contributed by atoms with E-state index in [1.165, 1.54) is 12.1 Å². The molecule has 0 atom stereocenters. The van der Waals surface area contributed by atoms with Crippen molar-refractivity contribution >= 4 is 22.2 Å². The first kappa shape index (κ1) is 20.3. The number of fused-ring (bicyclic) bond motifs is 2. The molecule has 1 saturated heterocycles. The zero-order chi connectivity index (χ0) is 22.1. The molecule has 1 aliphatic heterocycles. The predicted octanol–water partition coefficient (Wildman–Crippen LogP) is 4.50. The normalized spacial score (nSPS) is 15.5. The second-order valence-corrected chi connectivity index (χ2v) is 7.73. The molecule has 8 heteroatoms. The van der Waals surface area contributed by atoms with Crippen molar-refractivity contribution in [3.05, 3.63) is 79.3 Å². The summed E-state index contributed by atoms with van der Waals surface area (Å²) in [5, 5.41) is 0. The predicted molar refractivity (Wildman–Crippen MR) is 121 cm³/mol. The molecule has 32 heavy (non-hydrogen) atoms. The van der Waals surface area contributed by atoms with Crippen molar-refractivity contribution in [3.63, 3.8) is 0 Å². The van der Waals surface area contributed by atoms with Gasteiger partial charge in [-0.1, -0.05) is 31.4 Å². The minimum absolute atomic E-state index is 0.221. The molecule has 0 bridgehead atoms. The van der Waals surface area contributed by atoms with Crippen LogP contribution in [0.3, 0.4) is 0 Å². The van der Waals surface area contributed by atoms with E-state index in [0.29, 0.717) is 42.1 Å². The fourth-order valence-electron chi connectivity index (χ4n) is 4.17. The number of allylic oxidation sites excluding steroid dienone is 4. The molecule has 4 heterocycles. The van der Waals surface area contributed by atoms with Crippen LogP contribution in [0.1, 0.15) is 24.7 Å². The number of nitrogens with zero attached hydrogens (tertiary/aromatic N) is 6. The summed E-state index contributed by atoms with van der Waals surface area (Å²) in [5.41, 5.74) is 3.78. The van der Waals surface area contributed by atoms with Gasteiger partial charge >= 0.3 is 0 Å². The summed E-state index contributed by atoms with van der Waals surface area (Å²) in [7, 11) is 0. The van der Waals surface area contributed by atoms with Crippen LogP contribution in [0.2, 0.25) is 0 Å². The monoisotopic (exact) mass is 430 g/mol. The van der Waals surface area contributed by atoms with E-state index in [1.54, 1.807) is 29.2 Å². The first-order valence-electron chi connectivity index (χ1n) is 10.6. The lowest BCUT2D eigenvalue weighted by Gasteiger charge is -2.25. The Morgan fingerprint density at radius 3 is 2.78 bits per heavy atom. The molecule has 162 valence electrons. The van der Waals surface area contributed by atoms with E-state index >= 15 is 0 Å². The lowest BCUT2D eigenvalue weighted by molar-refractivity contribution is 0.0698. The fraction of sp³-hybridized carbons (Fsp3) is 0.250. The largest absolute Gasteiger partial charge is 0.381 e. The molecule has 0 amide bonds. The van der Waals surface area contributed by atoms with E-state index in [9.17, 15) is 4.39 Å². The van der Waals surface area contributed by atoms with E-state index in [0.717, 1.165) is 29.9 Å². The lowest BCUT2D eigenvalue weighted by Crippen LogP contribution is -2.22. The second-order valence-electron chi connectivity index (χ2n) is 7.73. The minimum atomic E-state index is -0.333. The number of hydrogen-bond donors (Lipinski definition) is 0. The first-order chi connectivity index (χ1) is 15.7. The van der Waals surface area contributed by atoms with Gasteiger partial charge in [0, 0.05) is 31.7 Å². The molecule has 1 fully saturated rings. The maximum atomic E-state index is 13.9. The van der Waals surface area contributed by atoms with Crippen molar-refractivity contribution in [1.29, 1.82) is 0 Å². The van der Waals surface area contributed by atoms with Gasteiger partial charge in [-0.25, -0.2) is 19.3 Å². The molecular weight excluding hydrogens is 407 g/mol. The molecule has 4 aromatic rings. The van der Waals surface area contributed by atoms with Crippen LogP contribution < -0.4 is 0 Å². The molecule has 1 aliphatic rings. The third kappa shape index (κ3) is 3.62. The van der Waals surface area contributed by atoms with Gasteiger partial charge in [0.25, 0.3) is 0 Å². The Morgan fingerprint density at radius 2 is 2.00 bits per heavy atom. The molecule has 1 aromatic carbocycles. The number of halogens is 1. The Morgan fingerprint density at radius 1 is 1.16 bits per heavy atom. The van der Waals surface area contributed by atoms with Crippen LogP contribution in [0.5, 0.6) is 0 Å². The van der Waals surface area contributed by atoms with E-state index in [1.807, 2.05) is 12.2 Å². The molecule has 7 nitrogen and oxygen atoms in total. The van der Waals surface area contributed by atoms with Gasteiger partial charge < -0.3 is 9.30 Å². The van der Waals surface area contributed by atoms with Crippen molar-refractivity contribution in [2.75, 3.05) is 13.2 Å². The first-order valence-corrected chi connectivity index (χ1v) is 10.6. The van der Waals surface area contributed by atoms with Crippen LogP contribution in [-0.2, 0) is 11.2 Å². The smallest absolute Gasteiger partial charge is 0.237 e. The van der Waals surface area contributed by atoms with Crippen LogP contribution in [0.4, 0.5) is 4.39 Å². The number of benzene rings is 1. The maximum Gasteiger partial charge on any atom is 0.237 e. The van der Waals surface area contributed by atoms with Crippen molar-refractivity contribution in [1.82, 2.24) is 29.1 Å². The molecule has 0 unspecified atom stereocenters. The van der Waals surface area contributed by atoms with Gasteiger partial charge in [0.2, 0.25) is 5.95 Å². The van der Waals surface area contributed by atoms with E-state index in [2.05, 4.69) is 27.7 Å². The highest BCUT2D eigenvalue weighted by atomic mass is 19.1. The average Bonchev–Trinajstić information content (AvgIpc) is 3.39. The highest BCUT2D eigenvalue weighted by Gasteiger charge is 2.24. The average molecular weight is 430 g/mol. The van der Waals surface area contributed by atoms with Gasteiger partial charge in [0.05, 0.1) is 17.2 Å². The number of rotatable bonds is 6. The Labute approximate surface area is 184 Å². The van der Waals surface area contributed by atoms with Crippen molar-refractivity contribution in [3.8, 4) is 5.95 Å². The highest BCUT2D eigenvalue weighted by molar-refractivity contribution is 5.77. The van der Waals surface area contributed by atoms with Crippen LogP contribution in [0, 0.1) is 5.82 Å². The molecule has 0 spiro atoms. The Hall–Kier alpha value is -3.65. The van der Waals surface area contributed by atoms with Gasteiger partial charge in [0.15, 0.2) is 5.65 Å². The molecule has 0 N–H and O–H groups in total. The Balaban J connectivity index is 1.67. The van der Waals surface area contributed by atoms with Gasteiger partial charge in [-0.15, -0.1) is 0 Å². The third-order valence-corrected chi connectivity index (χ3v) is 5.73. The number of hydrogen-bond acceptors (Lipinski definition) is 5.